The molecule has 24 heavy (non-hydrogen) atoms. The zero-order valence-corrected chi connectivity index (χ0v) is 14.7. The lowest BCUT2D eigenvalue weighted by Crippen LogP contribution is -2.27. The molecule has 0 aliphatic heterocycles. The Morgan fingerprint density at radius 3 is 2.25 bits per heavy atom. The van der Waals surface area contributed by atoms with Crippen LogP contribution in [0.15, 0.2) is 65.8 Å². The van der Waals surface area contributed by atoms with Crippen molar-refractivity contribution in [3.63, 3.8) is 0 Å². The number of aromatic nitrogens is 2. The first-order valence-corrected chi connectivity index (χ1v) is 8.98. The van der Waals surface area contributed by atoms with E-state index in [1.165, 1.54) is 10.5 Å². The van der Waals surface area contributed by atoms with Gasteiger partial charge in [0.1, 0.15) is 5.82 Å². The molecule has 0 N–H and O–H groups in total. The average molecular weight is 341 g/mol. The molecule has 0 fully saturated rings. The maximum Gasteiger partial charge on any atom is 0.283 e. The van der Waals surface area contributed by atoms with Crippen molar-refractivity contribution >= 4 is 15.7 Å². The van der Waals surface area contributed by atoms with E-state index in [-0.39, 0.29) is 5.03 Å². The quantitative estimate of drug-likeness (QED) is 0.732. The molecular formula is C18H19N3O2S. The largest absolute Gasteiger partial charge is 0.337 e. The van der Waals surface area contributed by atoms with Gasteiger partial charge in [0.15, 0.2) is 5.03 Å². The van der Waals surface area contributed by atoms with Crippen LogP contribution in [0.3, 0.4) is 0 Å². The lowest BCUT2D eigenvalue weighted by molar-refractivity contribution is 0.591. The van der Waals surface area contributed by atoms with E-state index >= 15 is 0 Å². The van der Waals surface area contributed by atoms with Gasteiger partial charge in [-0.15, -0.1) is 0 Å². The molecular weight excluding hydrogens is 322 g/mol. The van der Waals surface area contributed by atoms with E-state index in [2.05, 4.69) is 4.98 Å². The maximum atomic E-state index is 12.9. The molecule has 0 aliphatic carbocycles. The van der Waals surface area contributed by atoms with E-state index in [1.807, 2.05) is 48.5 Å². The number of anilines is 1. The van der Waals surface area contributed by atoms with Crippen LogP contribution in [-0.4, -0.2) is 25.0 Å². The summed E-state index contributed by atoms with van der Waals surface area (Å²) in [5.74, 6) is 0.651. The molecule has 0 bridgehead atoms. The second-order valence-corrected chi connectivity index (χ2v) is 7.51. The highest BCUT2D eigenvalue weighted by Gasteiger charge is 2.26. The van der Waals surface area contributed by atoms with Crippen LogP contribution >= 0.6 is 0 Å². The number of hydrogen-bond donors (Lipinski definition) is 0. The smallest absolute Gasteiger partial charge is 0.283 e. The van der Waals surface area contributed by atoms with Crippen molar-refractivity contribution in [1.82, 2.24) is 9.55 Å². The van der Waals surface area contributed by atoms with Crippen LogP contribution in [-0.2, 0) is 17.1 Å². The first kappa shape index (κ1) is 16.3. The molecule has 0 radical (unpaired) electrons. The monoisotopic (exact) mass is 341 g/mol. The third-order valence-corrected chi connectivity index (χ3v) is 5.68. The van der Waals surface area contributed by atoms with E-state index in [4.69, 9.17) is 0 Å². The molecule has 0 saturated carbocycles. The van der Waals surface area contributed by atoms with Crippen molar-refractivity contribution in [2.45, 2.75) is 11.9 Å². The number of aryl methyl sites for hydroxylation is 2. The summed E-state index contributed by atoms with van der Waals surface area (Å²) in [4.78, 5) is 4.16. The Labute approximate surface area is 142 Å². The second kappa shape index (κ2) is 6.13. The van der Waals surface area contributed by atoms with Crippen LogP contribution < -0.4 is 4.31 Å². The number of imidazole rings is 1. The lowest BCUT2D eigenvalue weighted by Gasteiger charge is -2.21. The predicted molar refractivity (Wildman–Crippen MR) is 95.4 cm³/mol. The van der Waals surface area contributed by atoms with Crippen LogP contribution in [0.4, 0.5) is 5.69 Å². The predicted octanol–water partition coefficient (Wildman–Crippen LogP) is 3.22. The second-order valence-electron chi connectivity index (χ2n) is 5.59. The topological polar surface area (TPSA) is 55.2 Å². The third kappa shape index (κ3) is 2.80. The molecule has 124 valence electrons. The van der Waals surface area contributed by atoms with E-state index in [1.54, 1.807) is 31.7 Å². The number of hydrogen-bond acceptors (Lipinski definition) is 3. The molecule has 6 heteroatoms. The summed E-state index contributed by atoms with van der Waals surface area (Å²) in [5.41, 5.74) is 2.44. The number of para-hydroxylation sites is 1. The standard InChI is InChI=1S/C18H19N3O2S/c1-14-19-18(13-20(14)2)24(22,23)21(3)17-12-8-7-11-16(17)15-9-5-4-6-10-15/h4-13H,1-3H3. The Hall–Kier alpha value is -2.60. The molecule has 1 aromatic heterocycles. The Morgan fingerprint density at radius 1 is 1.00 bits per heavy atom. The highest BCUT2D eigenvalue weighted by molar-refractivity contribution is 7.92. The zero-order chi connectivity index (χ0) is 17.3. The minimum atomic E-state index is -3.72. The SMILES string of the molecule is Cc1nc(S(=O)(=O)N(C)c2ccccc2-c2ccccc2)cn1C. The first-order valence-electron chi connectivity index (χ1n) is 7.54. The minimum absolute atomic E-state index is 0.0489. The van der Waals surface area contributed by atoms with Crippen molar-refractivity contribution in [3.8, 4) is 11.1 Å². The minimum Gasteiger partial charge on any atom is -0.337 e. The normalized spacial score (nSPS) is 11.5. The molecule has 0 atom stereocenters. The van der Waals surface area contributed by atoms with Crippen LogP contribution in [0, 0.1) is 6.92 Å². The van der Waals surface area contributed by atoms with Gasteiger partial charge in [0, 0.05) is 25.9 Å². The Kier molecular flexibility index (Phi) is 4.15. The molecule has 3 aromatic rings. The van der Waals surface area contributed by atoms with Crippen LogP contribution in [0.2, 0.25) is 0 Å². The highest BCUT2D eigenvalue weighted by atomic mass is 32.2. The summed E-state index contributed by atoms with van der Waals surface area (Å²) >= 11 is 0. The van der Waals surface area contributed by atoms with Crippen LogP contribution in [0.5, 0.6) is 0 Å². The molecule has 0 unspecified atom stereocenters. The molecule has 0 spiro atoms. The zero-order valence-electron chi connectivity index (χ0n) is 13.8. The molecule has 3 rings (SSSR count). The Bertz CT molecular complexity index is 943. The van der Waals surface area contributed by atoms with Gasteiger partial charge >= 0.3 is 0 Å². The van der Waals surface area contributed by atoms with Crippen molar-refractivity contribution in [3.05, 3.63) is 66.6 Å². The van der Waals surface area contributed by atoms with Gasteiger partial charge in [-0.25, -0.2) is 4.98 Å². The van der Waals surface area contributed by atoms with Crippen molar-refractivity contribution in [2.24, 2.45) is 7.05 Å². The van der Waals surface area contributed by atoms with Crippen molar-refractivity contribution in [2.75, 3.05) is 11.4 Å². The van der Waals surface area contributed by atoms with E-state index < -0.39 is 10.0 Å². The Balaban J connectivity index is 2.09. The van der Waals surface area contributed by atoms with Crippen LogP contribution in [0.1, 0.15) is 5.82 Å². The fraction of sp³-hybridized carbons (Fsp3) is 0.167. The number of rotatable bonds is 4. The molecule has 0 aliphatic rings. The van der Waals surface area contributed by atoms with Gasteiger partial charge in [-0.05, 0) is 18.6 Å². The summed E-state index contributed by atoms with van der Waals surface area (Å²) in [5, 5.41) is 0.0489. The number of nitrogens with zero attached hydrogens (tertiary/aromatic N) is 3. The third-order valence-electron chi connectivity index (χ3n) is 4.04. The fourth-order valence-corrected chi connectivity index (χ4v) is 3.77. The van der Waals surface area contributed by atoms with Gasteiger partial charge < -0.3 is 4.57 Å². The van der Waals surface area contributed by atoms with E-state index in [0.717, 1.165) is 11.1 Å². The van der Waals surface area contributed by atoms with Gasteiger partial charge in [-0.3, -0.25) is 4.31 Å². The summed E-state index contributed by atoms with van der Waals surface area (Å²) in [7, 11) is -0.389. The maximum absolute atomic E-state index is 12.9. The Morgan fingerprint density at radius 2 is 1.62 bits per heavy atom. The van der Waals surface area contributed by atoms with Gasteiger partial charge in [0.05, 0.1) is 5.69 Å². The number of sulfonamides is 1. The van der Waals surface area contributed by atoms with Crippen LogP contribution in [0.25, 0.3) is 11.1 Å². The average Bonchev–Trinajstić information content (AvgIpc) is 2.95. The van der Waals surface area contributed by atoms with Crippen molar-refractivity contribution in [1.29, 1.82) is 0 Å². The first-order chi connectivity index (χ1) is 11.4. The highest BCUT2D eigenvalue weighted by Crippen LogP contribution is 2.32. The van der Waals surface area contributed by atoms with E-state index in [0.29, 0.717) is 11.5 Å². The van der Waals surface area contributed by atoms with E-state index in [9.17, 15) is 8.42 Å². The van der Waals surface area contributed by atoms with Gasteiger partial charge in [0.25, 0.3) is 10.0 Å². The van der Waals surface area contributed by atoms with Gasteiger partial charge in [-0.1, -0.05) is 48.5 Å². The summed E-state index contributed by atoms with van der Waals surface area (Å²) in [6.45, 7) is 1.77. The molecule has 1 heterocycles. The molecule has 0 amide bonds. The van der Waals surface area contributed by atoms with Crippen molar-refractivity contribution < 1.29 is 8.42 Å². The lowest BCUT2D eigenvalue weighted by atomic mass is 10.0. The number of benzene rings is 2. The molecule has 0 saturated heterocycles. The fourth-order valence-electron chi connectivity index (χ4n) is 2.53. The molecule has 2 aromatic carbocycles. The molecule has 5 nitrogen and oxygen atoms in total. The summed E-state index contributed by atoms with van der Waals surface area (Å²) in [6, 6.07) is 17.2. The summed E-state index contributed by atoms with van der Waals surface area (Å²) < 4.78 is 28.9. The summed E-state index contributed by atoms with van der Waals surface area (Å²) in [6.07, 6.45) is 1.53. The van der Waals surface area contributed by atoms with Gasteiger partial charge in [-0.2, -0.15) is 8.42 Å². The van der Waals surface area contributed by atoms with Gasteiger partial charge in [0.2, 0.25) is 0 Å².